The van der Waals surface area contributed by atoms with Crippen LogP contribution in [0.5, 0.6) is 23.0 Å². The zero-order valence-corrected chi connectivity index (χ0v) is 40.0. The van der Waals surface area contributed by atoms with Gasteiger partial charge in [0.05, 0.1) is 34.1 Å². The second-order valence-corrected chi connectivity index (χ2v) is 19.7. The molecule has 2 aromatic heterocycles. The molecule has 344 valence electrons. The summed E-state index contributed by atoms with van der Waals surface area (Å²) in [5, 5.41) is 8.90. The molecule has 4 aromatic carbocycles. The van der Waals surface area contributed by atoms with Gasteiger partial charge in [-0.15, -0.1) is 0 Å². The Morgan fingerprint density at radius 3 is 1.11 bits per heavy atom. The molecule has 64 heavy (non-hydrogen) atoms. The van der Waals surface area contributed by atoms with Crippen LogP contribution >= 0.6 is 0 Å². The van der Waals surface area contributed by atoms with Crippen LogP contribution in [-0.2, 0) is 52.8 Å². The maximum Gasteiger partial charge on any atom is 0.263 e. The summed E-state index contributed by atoms with van der Waals surface area (Å²) in [6, 6.07) is 32.9. The van der Waals surface area contributed by atoms with Crippen LogP contribution in [0.25, 0.3) is 0 Å². The molecule has 0 aliphatic rings. The largest absolute Gasteiger partial charge is 0.497 e. The van der Waals surface area contributed by atoms with Gasteiger partial charge in [-0.2, -0.15) is 18.8 Å². The van der Waals surface area contributed by atoms with Gasteiger partial charge in [-0.1, -0.05) is 48.5 Å². The number of aromatic nitrogens is 4. The minimum absolute atomic E-state index is 0.0375. The fourth-order valence-electron chi connectivity index (χ4n) is 6.62. The van der Waals surface area contributed by atoms with Gasteiger partial charge in [-0.3, -0.25) is 9.36 Å². The van der Waals surface area contributed by atoms with Crippen LogP contribution in [0.2, 0.25) is 0 Å². The highest BCUT2D eigenvalue weighted by Gasteiger charge is 2.30. The lowest BCUT2D eigenvalue weighted by atomic mass is 10.2. The predicted molar refractivity (Wildman–Crippen MR) is 247 cm³/mol. The van der Waals surface area contributed by atoms with Crippen molar-refractivity contribution in [1.82, 2.24) is 33.1 Å². The second-order valence-electron chi connectivity index (χ2n) is 15.9. The Morgan fingerprint density at radius 2 is 0.828 bits per heavy atom. The average Bonchev–Trinajstić information content (AvgIpc) is 3.97. The molecule has 6 rings (SSSR count). The fourth-order valence-corrected chi connectivity index (χ4v) is 9.34. The molecular formula is C47H61N7O8S2. The van der Waals surface area contributed by atoms with Crippen molar-refractivity contribution in [1.29, 1.82) is 0 Å². The molecule has 15 nitrogen and oxygen atoms in total. The summed E-state index contributed by atoms with van der Waals surface area (Å²) in [6.45, 7) is 9.33. The first-order valence-electron chi connectivity index (χ1n) is 20.8. The van der Waals surface area contributed by atoms with Gasteiger partial charge < -0.3 is 23.8 Å². The van der Waals surface area contributed by atoms with Crippen molar-refractivity contribution in [3.8, 4) is 23.0 Å². The molecule has 0 atom stereocenters. The quantitative estimate of drug-likeness (QED) is 0.0738. The number of benzene rings is 4. The van der Waals surface area contributed by atoms with Crippen LogP contribution in [0, 0.1) is 0 Å². The summed E-state index contributed by atoms with van der Waals surface area (Å²) < 4.78 is 81.7. The number of ether oxygens (including phenoxy) is 4. The second kappa shape index (κ2) is 22.3. The molecule has 0 saturated carbocycles. The fraction of sp³-hybridized carbons (Fsp3) is 0.362. The van der Waals surface area contributed by atoms with Gasteiger partial charge in [0.2, 0.25) is 0 Å². The van der Waals surface area contributed by atoms with Crippen molar-refractivity contribution in [3.63, 3.8) is 0 Å². The number of rotatable bonds is 20. The molecule has 0 unspecified atom stereocenters. The minimum atomic E-state index is -3.88. The highest BCUT2D eigenvalue weighted by molar-refractivity contribution is 7.89. The van der Waals surface area contributed by atoms with Crippen LogP contribution in [0.15, 0.2) is 125 Å². The molecule has 0 aliphatic heterocycles. The van der Waals surface area contributed by atoms with Crippen LogP contribution < -0.4 is 18.9 Å². The zero-order chi connectivity index (χ0) is 46.6. The van der Waals surface area contributed by atoms with Crippen molar-refractivity contribution >= 4 is 20.0 Å². The lowest BCUT2D eigenvalue weighted by Gasteiger charge is -2.22. The van der Waals surface area contributed by atoms with Gasteiger partial charge >= 0.3 is 0 Å². The van der Waals surface area contributed by atoms with E-state index in [1.807, 2.05) is 144 Å². The van der Waals surface area contributed by atoms with Gasteiger partial charge in [-0.25, -0.2) is 16.8 Å². The van der Waals surface area contributed by atoms with Crippen molar-refractivity contribution in [2.75, 3.05) is 42.5 Å². The van der Waals surface area contributed by atoms with E-state index in [2.05, 4.69) is 10.2 Å². The normalized spacial score (nSPS) is 11.9. The van der Waals surface area contributed by atoms with E-state index in [1.54, 1.807) is 56.1 Å². The van der Waals surface area contributed by atoms with E-state index < -0.39 is 20.0 Å². The van der Waals surface area contributed by atoms with Crippen LogP contribution in [0.4, 0.5) is 0 Å². The lowest BCUT2D eigenvalue weighted by molar-refractivity contribution is 0.371. The van der Waals surface area contributed by atoms with Crippen LogP contribution in [-0.4, -0.2) is 92.4 Å². The van der Waals surface area contributed by atoms with Crippen molar-refractivity contribution in [3.05, 3.63) is 143 Å². The molecule has 17 heteroatoms. The van der Waals surface area contributed by atoms with E-state index in [1.165, 1.54) is 8.61 Å². The summed E-state index contributed by atoms with van der Waals surface area (Å²) in [4.78, 5) is 2.00. The number of hydrogen-bond donors (Lipinski definition) is 0. The first-order chi connectivity index (χ1) is 30.5. The maximum atomic E-state index is 13.8. The van der Waals surface area contributed by atoms with E-state index in [9.17, 15) is 16.8 Å². The van der Waals surface area contributed by atoms with Crippen molar-refractivity contribution < 1.29 is 35.8 Å². The van der Waals surface area contributed by atoms with E-state index in [-0.39, 0.29) is 48.3 Å². The molecule has 2 heterocycles. The molecule has 0 fully saturated rings. The van der Waals surface area contributed by atoms with Gasteiger partial charge in [0.25, 0.3) is 20.0 Å². The monoisotopic (exact) mass is 915 g/mol. The average molecular weight is 916 g/mol. The Morgan fingerprint density at radius 1 is 0.484 bits per heavy atom. The highest BCUT2D eigenvalue weighted by Crippen LogP contribution is 2.26. The summed E-state index contributed by atoms with van der Waals surface area (Å²) in [5.74, 6) is 2.88. The van der Waals surface area contributed by atoms with Crippen molar-refractivity contribution in [2.24, 2.45) is 0 Å². The van der Waals surface area contributed by atoms with Gasteiger partial charge in [0, 0.05) is 57.1 Å². The molecule has 0 spiro atoms. The molecule has 0 amide bonds. The maximum absolute atomic E-state index is 13.8. The SMILES string of the molecule is COc1ccc(CN(Cc2ccc(OC)cc2)S(=O)(=O)c2cc(CN(C)C)n(C(C)C)n2)cc1.COc1ccc(CN(Cc2ccc(OC)cc2)S(=O)(=O)c2ccn(C(C)C)n2)cc1. The molecule has 6 aromatic rings. The summed E-state index contributed by atoms with van der Waals surface area (Å²) in [7, 11) is 2.62. The third-order valence-electron chi connectivity index (χ3n) is 10.2. The van der Waals surface area contributed by atoms with Crippen LogP contribution in [0.3, 0.4) is 0 Å². The van der Waals surface area contributed by atoms with Gasteiger partial charge in [-0.05, 0) is 119 Å². The van der Waals surface area contributed by atoms with E-state index >= 15 is 0 Å². The number of methoxy groups -OCH3 is 4. The van der Waals surface area contributed by atoms with E-state index in [0.29, 0.717) is 6.54 Å². The Kier molecular flexibility index (Phi) is 17.1. The summed E-state index contributed by atoms with van der Waals surface area (Å²) in [5.41, 5.74) is 4.28. The third kappa shape index (κ3) is 12.9. The van der Waals surface area contributed by atoms with Crippen molar-refractivity contribution in [2.45, 2.75) is 82.6 Å². The number of sulfonamides is 2. The Bertz CT molecular complexity index is 2490. The predicted octanol–water partition coefficient (Wildman–Crippen LogP) is 7.81. The number of nitrogens with zero attached hydrogens (tertiary/aromatic N) is 7. The number of hydrogen-bond acceptors (Lipinski definition) is 11. The first kappa shape index (κ1) is 49.3. The van der Waals surface area contributed by atoms with Gasteiger partial charge in [0.15, 0.2) is 10.1 Å². The van der Waals surface area contributed by atoms with E-state index in [4.69, 9.17) is 18.9 Å². The lowest BCUT2D eigenvalue weighted by Crippen LogP contribution is -2.30. The van der Waals surface area contributed by atoms with Crippen LogP contribution in [0.1, 0.15) is 67.7 Å². The van der Waals surface area contributed by atoms with E-state index in [0.717, 1.165) is 50.9 Å². The smallest absolute Gasteiger partial charge is 0.263 e. The summed E-state index contributed by atoms with van der Waals surface area (Å²) >= 11 is 0. The highest BCUT2D eigenvalue weighted by atomic mass is 32.2. The zero-order valence-electron chi connectivity index (χ0n) is 38.4. The minimum Gasteiger partial charge on any atom is -0.497 e. The molecule has 0 N–H and O–H groups in total. The Hall–Kier alpha value is -5.72. The topological polar surface area (TPSA) is 151 Å². The molecule has 0 radical (unpaired) electrons. The molecule has 0 aliphatic carbocycles. The standard InChI is InChI=1S/C25H34N4O4S.C22H27N3O4S/c1-19(2)29-22(18-27(3)4)15-25(26-29)34(30,31)28(16-20-7-11-23(32-5)12-8-20)17-21-9-13-24(33-6)14-10-21;1-17(2)25-14-13-22(23-25)30(26,27)24(15-18-5-9-20(28-3)10-6-18)16-19-7-11-21(29-4)12-8-19/h7-15,19H,16-18H2,1-6H3;5-14,17H,15-16H2,1-4H3. The Labute approximate surface area is 378 Å². The summed E-state index contributed by atoms with van der Waals surface area (Å²) in [6.07, 6.45) is 1.69. The first-order valence-corrected chi connectivity index (χ1v) is 23.7. The molecule has 0 bridgehead atoms. The molecule has 0 saturated heterocycles. The molecular weight excluding hydrogens is 855 g/mol. The Balaban J connectivity index is 0.000000243. The third-order valence-corrected chi connectivity index (χ3v) is 13.5. The van der Waals surface area contributed by atoms with Gasteiger partial charge in [0.1, 0.15) is 23.0 Å².